The second kappa shape index (κ2) is 21.8. The molecular weight excluding hydrogens is 326 g/mol. The van der Waals surface area contributed by atoms with Crippen LogP contribution in [0.4, 0.5) is 0 Å². The third kappa shape index (κ3) is 32.8. The average molecular weight is 354 g/mol. The first-order chi connectivity index (χ1) is 9.54. The second-order valence-electron chi connectivity index (χ2n) is 4.65. The van der Waals surface area contributed by atoms with Crippen LogP contribution in [0.1, 0.15) is 64.2 Å². The molecule has 6 nitrogen and oxygen atoms in total. The Bertz CT molecular complexity index is 217. The number of carbonyl (C=O) groups excluding carboxylic acids is 2. The van der Waals surface area contributed by atoms with Crippen molar-refractivity contribution in [2.45, 2.75) is 64.2 Å². The minimum absolute atomic E-state index is 0. The minimum atomic E-state index is -0.970. The SMILES string of the molecule is NCCN.O=C([O-])CCCCCCCCCCC(=O)[O-].[Zn+2]. The van der Waals surface area contributed by atoms with Gasteiger partial charge in [0.2, 0.25) is 0 Å². The van der Waals surface area contributed by atoms with Crippen LogP contribution in [0.2, 0.25) is 0 Å². The van der Waals surface area contributed by atoms with Crippen LogP contribution in [0.25, 0.3) is 0 Å². The van der Waals surface area contributed by atoms with E-state index in [0.717, 1.165) is 38.5 Å². The molecule has 0 atom stereocenters. The van der Waals surface area contributed by atoms with Crippen LogP contribution in [-0.4, -0.2) is 25.0 Å². The Morgan fingerprint density at radius 1 is 0.619 bits per heavy atom. The van der Waals surface area contributed by atoms with Gasteiger partial charge in [-0.1, -0.05) is 38.5 Å². The van der Waals surface area contributed by atoms with E-state index in [-0.39, 0.29) is 32.3 Å². The van der Waals surface area contributed by atoms with E-state index in [2.05, 4.69) is 0 Å². The maximum Gasteiger partial charge on any atom is 2.00 e. The van der Waals surface area contributed by atoms with Gasteiger partial charge in [-0.2, -0.15) is 0 Å². The van der Waals surface area contributed by atoms with Gasteiger partial charge in [-0.15, -0.1) is 0 Å². The number of aliphatic carboxylic acids is 2. The molecule has 0 amide bonds. The van der Waals surface area contributed by atoms with Crippen molar-refractivity contribution in [2.24, 2.45) is 11.5 Å². The van der Waals surface area contributed by atoms with E-state index in [1.54, 1.807) is 0 Å². The Kier molecular flexibility index (Phi) is 26.4. The molecule has 0 aliphatic rings. The number of hydrogen-bond donors (Lipinski definition) is 2. The van der Waals surface area contributed by atoms with Crippen LogP contribution < -0.4 is 21.7 Å². The number of carboxylic acid groups (broad SMARTS) is 2. The van der Waals surface area contributed by atoms with Gasteiger partial charge < -0.3 is 31.3 Å². The van der Waals surface area contributed by atoms with Crippen molar-refractivity contribution in [1.82, 2.24) is 0 Å². The topological polar surface area (TPSA) is 132 Å². The standard InChI is InChI=1S/C12H22O4.C2H8N2.Zn/c13-11(14)9-7-5-3-1-2-4-6-8-10-12(15)16;3-1-2-4;/h1-10H2,(H,13,14)(H,15,16);1-4H2;/q;;+2/p-2. The normalized spacial score (nSPS) is 9.24. The summed E-state index contributed by atoms with van der Waals surface area (Å²) in [5.41, 5.74) is 9.81. The van der Waals surface area contributed by atoms with Crippen LogP contribution in [-0.2, 0) is 29.1 Å². The summed E-state index contributed by atoms with van der Waals surface area (Å²) in [6.45, 7) is 1.19. The van der Waals surface area contributed by atoms with Crippen molar-refractivity contribution in [2.75, 3.05) is 13.1 Å². The zero-order chi connectivity index (χ0) is 15.6. The van der Waals surface area contributed by atoms with E-state index in [0.29, 0.717) is 25.9 Å². The van der Waals surface area contributed by atoms with Crippen molar-refractivity contribution in [3.63, 3.8) is 0 Å². The van der Waals surface area contributed by atoms with Crippen LogP contribution in [0.15, 0.2) is 0 Å². The molecule has 0 aromatic carbocycles. The molecule has 0 aliphatic heterocycles. The number of carboxylic acids is 2. The van der Waals surface area contributed by atoms with Gasteiger partial charge in [-0.3, -0.25) is 0 Å². The molecule has 0 aliphatic carbocycles. The summed E-state index contributed by atoms with van der Waals surface area (Å²) in [7, 11) is 0. The molecule has 0 saturated carbocycles. The quantitative estimate of drug-likeness (QED) is 0.352. The number of unbranched alkanes of at least 4 members (excludes halogenated alkanes) is 7. The van der Waals surface area contributed by atoms with E-state index in [9.17, 15) is 19.8 Å². The van der Waals surface area contributed by atoms with Gasteiger partial charge in [0.1, 0.15) is 0 Å². The Morgan fingerprint density at radius 2 is 0.857 bits per heavy atom. The molecule has 0 saturated heterocycles. The Hall–Kier alpha value is -0.517. The fourth-order valence-electron chi connectivity index (χ4n) is 1.60. The summed E-state index contributed by atoms with van der Waals surface area (Å²) in [5.74, 6) is -1.94. The van der Waals surface area contributed by atoms with Gasteiger partial charge in [0.15, 0.2) is 0 Å². The molecule has 0 bridgehead atoms. The van der Waals surface area contributed by atoms with E-state index in [4.69, 9.17) is 11.5 Å². The zero-order valence-corrected chi connectivity index (χ0v) is 15.9. The molecule has 0 fully saturated rings. The monoisotopic (exact) mass is 352 g/mol. The van der Waals surface area contributed by atoms with E-state index in [1.807, 2.05) is 0 Å². The third-order valence-corrected chi connectivity index (χ3v) is 2.68. The van der Waals surface area contributed by atoms with Gasteiger partial charge in [-0.05, 0) is 25.7 Å². The van der Waals surface area contributed by atoms with Crippen LogP contribution in [0, 0.1) is 0 Å². The molecule has 0 heterocycles. The molecule has 21 heavy (non-hydrogen) atoms. The number of rotatable bonds is 12. The first-order valence-electron chi connectivity index (χ1n) is 7.34. The van der Waals surface area contributed by atoms with Crippen molar-refractivity contribution in [3.8, 4) is 0 Å². The van der Waals surface area contributed by atoms with Crippen LogP contribution >= 0.6 is 0 Å². The summed E-state index contributed by atoms with van der Waals surface area (Å²) in [5, 5.41) is 20.2. The fourth-order valence-corrected chi connectivity index (χ4v) is 1.60. The van der Waals surface area contributed by atoms with E-state index in [1.165, 1.54) is 0 Å². The molecule has 0 aromatic heterocycles. The Labute approximate surface area is 140 Å². The third-order valence-electron chi connectivity index (χ3n) is 2.68. The number of hydrogen-bond acceptors (Lipinski definition) is 6. The molecule has 4 N–H and O–H groups in total. The average Bonchev–Trinajstić information content (AvgIpc) is 2.40. The summed E-state index contributed by atoms with van der Waals surface area (Å²) in [4.78, 5) is 20.2. The summed E-state index contributed by atoms with van der Waals surface area (Å²) < 4.78 is 0. The molecule has 0 rings (SSSR count). The van der Waals surface area contributed by atoms with Gasteiger partial charge in [0.05, 0.1) is 0 Å². The fraction of sp³-hybridized carbons (Fsp3) is 0.857. The van der Waals surface area contributed by atoms with Crippen molar-refractivity contribution in [1.29, 1.82) is 0 Å². The summed E-state index contributed by atoms with van der Waals surface area (Å²) in [6.07, 6.45) is 7.88. The number of nitrogens with two attached hydrogens (primary N) is 2. The van der Waals surface area contributed by atoms with Crippen LogP contribution in [0.3, 0.4) is 0 Å². The van der Waals surface area contributed by atoms with Crippen molar-refractivity contribution in [3.05, 3.63) is 0 Å². The molecule has 0 aromatic rings. The van der Waals surface area contributed by atoms with Gasteiger partial charge in [-0.25, -0.2) is 0 Å². The predicted molar refractivity (Wildman–Crippen MR) is 74.3 cm³/mol. The number of carbonyl (C=O) groups is 2. The Balaban J connectivity index is -0.000000572. The molecular formula is C14H28N2O4Zn. The van der Waals surface area contributed by atoms with Gasteiger partial charge in [0.25, 0.3) is 0 Å². The predicted octanol–water partition coefficient (Wildman–Crippen LogP) is -0.711. The van der Waals surface area contributed by atoms with E-state index < -0.39 is 11.9 Å². The molecule has 0 spiro atoms. The van der Waals surface area contributed by atoms with Crippen molar-refractivity contribution < 1.29 is 39.3 Å². The molecule has 0 radical (unpaired) electrons. The second-order valence-corrected chi connectivity index (χ2v) is 4.65. The van der Waals surface area contributed by atoms with E-state index >= 15 is 0 Å². The molecule has 0 unspecified atom stereocenters. The van der Waals surface area contributed by atoms with Gasteiger partial charge >= 0.3 is 19.5 Å². The van der Waals surface area contributed by atoms with Crippen LogP contribution in [0.5, 0.6) is 0 Å². The minimum Gasteiger partial charge on any atom is -0.550 e. The van der Waals surface area contributed by atoms with Gasteiger partial charge in [0, 0.05) is 25.0 Å². The summed E-state index contributed by atoms with van der Waals surface area (Å²) >= 11 is 0. The molecule has 7 heteroatoms. The largest absolute Gasteiger partial charge is 2.00 e. The summed E-state index contributed by atoms with van der Waals surface area (Å²) in [6, 6.07) is 0. The zero-order valence-electron chi connectivity index (χ0n) is 13.0. The van der Waals surface area contributed by atoms with Crippen molar-refractivity contribution >= 4 is 11.9 Å². The first kappa shape index (κ1) is 25.4. The maximum atomic E-state index is 10.1. The smallest absolute Gasteiger partial charge is 0.550 e. The molecule has 120 valence electrons. The maximum absolute atomic E-state index is 10.1. The first-order valence-corrected chi connectivity index (χ1v) is 7.34. The Morgan fingerprint density at radius 3 is 1.05 bits per heavy atom.